The van der Waals surface area contributed by atoms with Crippen LogP contribution in [0.1, 0.15) is 32.6 Å². The Morgan fingerprint density at radius 3 is 2.50 bits per heavy atom. The molecule has 3 heteroatoms. The maximum absolute atomic E-state index is 9.81. The summed E-state index contributed by atoms with van der Waals surface area (Å²) in [7, 11) is 2.04. The minimum atomic E-state index is 0.421. The van der Waals surface area contributed by atoms with Crippen molar-refractivity contribution in [1.82, 2.24) is 4.90 Å². The predicted molar refractivity (Wildman–Crippen MR) is 52.3 cm³/mol. The molecule has 0 aromatic carbocycles. The number of nitrogens with zero attached hydrogens (tertiary/aromatic N) is 2. The molecule has 72 valence electrons. The van der Waals surface area contributed by atoms with Gasteiger partial charge in [0.1, 0.15) is 0 Å². The molecule has 0 amide bonds. The van der Waals surface area contributed by atoms with E-state index in [1.165, 1.54) is 25.7 Å². The summed E-state index contributed by atoms with van der Waals surface area (Å²) in [5.41, 5.74) is 0. The Hall–Kier alpha value is -0.440. The van der Waals surface area contributed by atoms with Crippen molar-refractivity contribution in [2.24, 2.45) is 5.18 Å². The molecule has 0 atom stereocenters. The van der Waals surface area contributed by atoms with Crippen molar-refractivity contribution in [3.8, 4) is 0 Å². The van der Waals surface area contributed by atoms with Crippen LogP contribution in [0.25, 0.3) is 0 Å². The molecule has 0 aliphatic heterocycles. The molecule has 3 nitrogen and oxygen atoms in total. The van der Waals surface area contributed by atoms with Crippen LogP contribution in [0.15, 0.2) is 5.18 Å². The molecule has 0 saturated heterocycles. The van der Waals surface area contributed by atoms with E-state index < -0.39 is 0 Å². The number of unbranched alkanes of at least 4 members (excludes halogenated alkanes) is 3. The van der Waals surface area contributed by atoms with Crippen molar-refractivity contribution in [2.75, 3.05) is 26.7 Å². The second kappa shape index (κ2) is 8.65. The highest BCUT2D eigenvalue weighted by molar-refractivity contribution is 4.53. The van der Waals surface area contributed by atoms with E-state index in [9.17, 15) is 4.91 Å². The molecule has 0 unspecified atom stereocenters. The SMILES string of the molecule is CCCCCCN(C)CCN=O. The lowest BCUT2D eigenvalue weighted by Crippen LogP contribution is -2.22. The van der Waals surface area contributed by atoms with Gasteiger partial charge in [-0.05, 0) is 20.0 Å². The summed E-state index contributed by atoms with van der Waals surface area (Å²) < 4.78 is 0. The van der Waals surface area contributed by atoms with Crippen molar-refractivity contribution in [1.29, 1.82) is 0 Å². The van der Waals surface area contributed by atoms with Gasteiger partial charge in [-0.25, -0.2) is 0 Å². The predicted octanol–water partition coefficient (Wildman–Crippen LogP) is 2.26. The monoisotopic (exact) mass is 172 g/mol. The number of nitroso groups, excluding NO2 is 1. The lowest BCUT2D eigenvalue weighted by molar-refractivity contribution is 0.333. The van der Waals surface area contributed by atoms with Gasteiger partial charge in [-0.2, -0.15) is 4.91 Å². The van der Waals surface area contributed by atoms with Gasteiger partial charge in [0.15, 0.2) is 0 Å². The average Bonchev–Trinajstić information content (AvgIpc) is 2.09. The van der Waals surface area contributed by atoms with Crippen molar-refractivity contribution in [3.63, 3.8) is 0 Å². The van der Waals surface area contributed by atoms with Crippen molar-refractivity contribution < 1.29 is 0 Å². The molecule has 0 aromatic heterocycles. The molecule has 0 rings (SSSR count). The zero-order chi connectivity index (χ0) is 9.23. The van der Waals surface area contributed by atoms with Gasteiger partial charge in [-0.1, -0.05) is 31.4 Å². The molecule has 0 spiro atoms. The van der Waals surface area contributed by atoms with Gasteiger partial charge in [0, 0.05) is 6.54 Å². The average molecular weight is 172 g/mol. The first kappa shape index (κ1) is 11.6. The van der Waals surface area contributed by atoms with Crippen molar-refractivity contribution in [2.45, 2.75) is 32.6 Å². The number of hydrogen-bond donors (Lipinski definition) is 0. The van der Waals surface area contributed by atoms with E-state index in [2.05, 4.69) is 17.0 Å². The normalized spacial score (nSPS) is 10.6. The lowest BCUT2D eigenvalue weighted by Gasteiger charge is -2.13. The molecule has 0 radical (unpaired) electrons. The largest absolute Gasteiger partial charge is 0.304 e. The minimum Gasteiger partial charge on any atom is -0.304 e. The van der Waals surface area contributed by atoms with E-state index >= 15 is 0 Å². The molecule has 0 aromatic rings. The Labute approximate surface area is 75.1 Å². The highest BCUT2D eigenvalue weighted by Crippen LogP contribution is 1.99. The van der Waals surface area contributed by atoms with Gasteiger partial charge < -0.3 is 4.90 Å². The molecule has 0 fully saturated rings. The molecule has 12 heavy (non-hydrogen) atoms. The van der Waals surface area contributed by atoms with Gasteiger partial charge in [0.2, 0.25) is 0 Å². The zero-order valence-corrected chi connectivity index (χ0v) is 8.25. The van der Waals surface area contributed by atoms with Crippen LogP contribution in [0.2, 0.25) is 0 Å². The Bertz CT molecular complexity index is 107. The highest BCUT2D eigenvalue weighted by atomic mass is 16.3. The fraction of sp³-hybridized carbons (Fsp3) is 1.00. The van der Waals surface area contributed by atoms with E-state index in [1.54, 1.807) is 0 Å². The second-order valence-corrected chi connectivity index (χ2v) is 3.22. The fourth-order valence-electron chi connectivity index (χ4n) is 1.13. The third kappa shape index (κ3) is 7.66. The second-order valence-electron chi connectivity index (χ2n) is 3.22. The molecular formula is C9H20N2O. The van der Waals surface area contributed by atoms with Crippen molar-refractivity contribution in [3.05, 3.63) is 4.91 Å². The van der Waals surface area contributed by atoms with Crippen LogP contribution in [0.4, 0.5) is 0 Å². The molecule has 0 saturated carbocycles. The van der Waals surface area contributed by atoms with Gasteiger partial charge in [0.25, 0.3) is 0 Å². The van der Waals surface area contributed by atoms with E-state index in [0.717, 1.165) is 13.1 Å². The van der Waals surface area contributed by atoms with Gasteiger partial charge in [-0.3, -0.25) is 0 Å². The highest BCUT2D eigenvalue weighted by Gasteiger charge is 1.96. The van der Waals surface area contributed by atoms with Gasteiger partial charge >= 0.3 is 0 Å². The molecular weight excluding hydrogens is 152 g/mol. The fourth-order valence-corrected chi connectivity index (χ4v) is 1.13. The summed E-state index contributed by atoms with van der Waals surface area (Å²) in [4.78, 5) is 12.0. The first-order valence-electron chi connectivity index (χ1n) is 4.79. The molecule has 0 bridgehead atoms. The van der Waals surface area contributed by atoms with E-state index in [1.807, 2.05) is 7.05 Å². The Morgan fingerprint density at radius 1 is 1.17 bits per heavy atom. The maximum Gasteiger partial charge on any atom is 0.0937 e. The maximum atomic E-state index is 9.81. The standard InChI is InChI=1S/C9H20N2O/c1-3-4-5-6-8-11(2)9-7-10-12/h3-9H2,1-2H3. The summed E-state index contributed by atoms with van der Waals surface area (Å²) in [5.74, 6) is 0. The van der Waals surface area contributed by atoms with Crippen LogP contribution in [0.3, 0.4) is 0 Å². The van der Waals surface area contributed by atoms with Crippen LogP contribution in [-0.4, -0.2) is 31.6 Å². The molecule has 0 heterocycles. The van der Waals surface area contributed by atoms with Crippen LogP contribution >= 0.6 is 0 Å². The lowest BCUT2D eigenvalue weighted by atomic mass is 10.2. The number of hydrogen-bond acceptors (Lipinski definition) is 3. The molecule has 0 aliphatic rings. The first-order chi connectivity index (χ1) is 5.81. The topological polar surface area (TPSA) is 32.7 Å². The van der Waals surface area contributed by atoms with Gasteiger partial charge in [0.05, 0.1) is 6.54 Å². The quantitative estimate of drug-likeness (QED) is 0.415. The smallest absolute Gasteiger partial charge is 0.0937 e. The Balaban J connectivity index is 3.07. The van der Waals surface area contributed by atoms with E-state index in [-0.39, 0.29) is 0 Å². The van der Waals surface area contributed by atoms with E-state index in [0.29, 0.717) is 6.54 Å². The summed E-state index contributed by atoms with van der Waals surface area (Å²) >= 11 is 0. The van der Waals surface area contributed by atoms with Crippen LogP contribution in [0.5, 0.6) is 0 Å². The summed E-state index contributed by atoms with van der Waals surface area (Å²) in [6.45, 7) is 4.52. The Kier molecular flexibility index (Phi) is 8.34. The van der Waals surface area contributed by atoms with Crippen LogP contribution in [0, 0.1) is 4.91 Å². The van der Waals surface area contributed by atoms with E-state index in [4.69, 9.17) is 0 Å². The number of likely N-dealkylation sites (N-methyl/N-ethyl adjacent to an activating group) is 1. The third-order valence-corrected chi connectivity index (χ3v) is 1.97. The summed E-state index contributed by atoms with van der Waals surface area (Å²) in [6, 6.07) is 0. The summed E-state index contributed by atoms with van der Waals surface area (Å²) in [5, 5.41) is 2.83. The molecule has 0 N–H and O–H groups in total. The zero-order valence-electron chi connectivity index (χ0n) is 8.25. The Morgan fingerprint density at radius 2 is 1.92 bits per heavy atom. The number of rotatable bonds is 8. The molecule has 0 aliphatic carbocycles. The third-order valence-electron chi connectivity index (χ3n) is 1.97. The van der Waals surface area contributed by atoms with Crippen molar-refractivity contribution >= 4 is 0 Å². The first-order valence-corrected chi connectivity index (χ1v) is 4.79. The van der Waals surface area contributed by atoms with Gasteiger partial charge in [-0.15, -0.1) is 0 Å². The summed E-state index contributed by atoms with van der Waals surface area (Å²) in [6.07, 6.45) is 5.14. The van der Waals surface area contributed by atoms with Crippen LogP contribution in [-0.2, 0) is 0 Å². The minimum absolute atomic E-state index is 0.421. The van der Waals surface area contributed by atoms with Crippen LogP contribution < -0.4 is 0 Å².